The average Bonchev–Trinajstić information content (AvgIpc) is 2.92. The zero-order valence-corrected chi connectivity index (χ0v) is 12.2. The zero-order chi connectivity index (χ0) is 13.9. The van der Waals surface area contributed by atoms with Crippen LogP contribution in [0.15, 0.2) is 18.6 Å². The van der Waals surface area contributed by atoms with Gasteiger partial charge in [0.1, 0.15) is 0 Å². The number of aryl methyl sites for hydroxylation is 1. The molecule has 0 aliphatic heterocycles. The lowest BCUT2D eigenvalue weighted by atomic mass is 9.89. The maximum absolute atomic E-state index is 4.17. The maximum Gasteiger partial charge on any atom is 0.0535 e. The lowest BCUT2D eigenvalue weighted by Crippen LogP contribution is -2.20. The van der Waals surface area contributed by atoms with Gasteiger partial charge in [0, 0.05) is 36.5 Å². The average molecular weight is 261 g/mol. The van der Waals surface area contributed by atoms with Gasteiger partial charge in [0.25, 0.3) is 0 Å². The minimum absolute atomic E-state index is 0.108. The van der Waals surface area contributed by atoms with Crippen molar-refractivity contribution in [3.05, 3.63) is 35.4 Å². The van der Waals surface area contributed by atoms with Gasteiger partial charge in [0.05, 0.1) is 12.4 Å². The Labute approximate surface area is 114 Å². The first-order valence-electron chi connectivity index (χ1n) is 6.68. The van der Waals surface area contributed by atoms with E-state index in [2.05, 4.69) is 47.6 Å². The van der Waals surface area contributed by atoms with E-state index < -0.39 is 0 Å². The molecule has 5 nitrogen and oxygen atoms in total. The number of aromatic amines is 1. The number of hydrogen-bond acceptors (Lipinski definition) is 3. The van der Waals surface area contributed by atoms with Crippen molar-refractivity contribution < 1.29 is 0 Å². The molecule has 2 N–H and O–H groups in total. The van der Waals surface area contributed by atoms with Gasteiger partial charge in [-0.1, -0.05) is 20.8 Å². The molecule has 0 aliphatic carbocycles. The summed E-state index contributed by atoms with van der Waals surface area (Å²) in [5.74, 6) is 0. The fraction of sp³-hybridized carbons (Fsp3) is 0.571. The molecule has 5 heteroatoms. The van der Waals surface area contributed by atoms with E-state index in [0.717, 1.165) is 19.5 Å². The normalized spacial score (nSPS) is 12.0. The molecule has 0 saturated carbocycles. The second-order valence-corrected chi connectivity index (χ2v) is 5.97. The van der Waals surface area contributed by atoms with E-state index in [1.54, 1.807) is 0 Å². The molecule has 104 valence electrons. The van der Waals surface area contributed by atoms with Crippen molar-refractivity contribution in [3.63, 3.8) is 0 Å². The van der Waals surface area contributed by atoms with Crippen molar-refractivity contribution >= 4 is 0 Å². The van der Waals surface area contributed by atoms with Crippen LogP contribution in [0.1, 0.15) is 37.6 Å². The summed E-state index contributed by atoms with van der Waals surface area (Å²) in [4.78, 5) is 0. The van der Waals surface area contributed by atoms with E-state index in [-0.39, 0.29) is 5.41 Å². The van der Waals surface area contributed by atoms with E-state index in [9.17, 15) is 0 Å². The highest BCUT2D eigenvalue weighted by Crippen LogP contribution is 2.23. The number of nitrogens with zero attached hydrogens (tertiary/aromatic N) is 3. The Hall–Kier alpha value is -1.62. The van der Waals surface area contributed by atoms with Crippen molar-refractivity contribution in [2.24, 2.45) is 7.05 Å². The fourth-order valence-electron chi connectivity index (χ4n) is 2.15. The summed E-state index contributed by atoms with van der Waals surface area (Å²) in [6, 6.07) is 0. The summed E-state index contributed by atoms with van der Waals surface area (Å²) in [5.41, 5.74) is 3.83. The molecule has 0 fully saturated rings. The quantitative estimate of drug-likeness (QED) is 0.807. The monoisotopic (exact) mass is 261 g/mol. The third-order valence-electron chi connectivity index (χ3n) is 3.13. The highest BCUT2D eigenvalue weighted by molar-refractivity contribution is 5.23. The van der Waals surface area contributed by atoms with E-state index in [1.807, 2.05) is 24.1 Å². The van der Waals surface area contributed by atoms with E-state index >= 15 is 0 Å². The summed E-state index contributed by atoms with van der Waals surface area (Å²) < 4.78 is 1.84. The summed E-state index contributed by atoms with van der Waals surface area (Å²) >= 11 is 0. The summed E-state index contributed by atoms with van der Waals surface area (Å²) in [5, 5.41) is 14.9. The summed E-state index contributed by atoms with van der Waals surface area (Å²) in [7, 11) is 1.94. The highest BCUT2D eigenvalue weighted by atomic mass is 15.2. The standard InChI is InChI=1S/C14H23N5/c1-14(2,3)13-12(9-16-18-13)8-15-6-5-11-7-17-19(4)10-11/h7,9-10,15H,5-6,8H2,1-4H3,(H,16,18). The Morgan fingerprint density at radius 3 is 2.74 bits per heavy atom. The van der Waals surface area contributed by atoms with Crippen molar-refractivity contribution in [3.8, 4) is 0 Å². The number of rotatable bonds is 5. The predicted molar refractivity (Wildman–Crippen MR) is 75.9 cm³/mol. The van der Waals surface area contributed by atoms with Gasteiger partial charge in [-0.25, -0.2) is 0 Å². The first kappa shape index (κ1) is 13.8. The maximum atomic E-state index is 4.17. The molecule has 0 radical (unpaired) electrons. The number of hydrogen-bond donors (Lipinski definition) is 2. The topological polar surface area (TPSA) is 58.5 Å². The first-order chi connectivity index (χ1) is 8.97. The molecular weight excluding hydrogens is 238 g/mol. The van der Waals surface area contributed by atoms with E-state index in [1.165, 1.54) is 16.8 Å². The van der Waals surface area contributed by atoms with Crippen molar-refractivity contribution in [2.75, 3.05) is 6.54 Å². The van der Waals surface area contributed by atoms with Gasteiger partial charge in [0.15, 0.2) is 0 Å². The van der Waals surface area contributed by atoms with Crippen LogP contribution < -0.4 is 5.32 Å². The molecule has 0 aromatic carbocycles. The van der Waals surface area contributed by atoms with Gasteiger partial charge in [-0.05, 0) is 18.5 Å². The van der Waals surface area contributed by atoms with Crippen LogP contribution in [0, 0.1) is 0 Å². The smallest absolute Gasteiger partial charge is 0.0535 e. The molecule has 0 atom stereocenters. The molecule has 19 heavy (non-hydrogen) atoms. The second kappa shape index (κ2) is 5.57. The van der Waals surface area contributed by atoms with Gasteiger partial charge >= 0.3 is 0 Å². The van der Waals surface area contributed by atoms with Crippen LogP contribution in [0.25, 0.3) is 0 Å². The van der Waals surface area contributed by atoms with Gasteiger partial charge in [-0.3, -0.25) is 9.78 Å². The molecule has 2 aromatic heterocycles. The van der Waals surface area contributed by atoms with Gasteiger partial charge in [-0.15, -0.1) is 0 Å². The zero-order valence-electron chi connectivity index (χ0n) is 12.2. The van der Waals surface area contributed by atoms with Crippen LogP contribution in [0.3, 0.4) is 0 Å². The predicted octanol–water partition coefficient (Wildman–Crippen LogP) is 1.77. The summed E-state index contributed by atoms with van der Waals surface area (Å²) in [6.45, 7) is 8.38. The molecule has 2 rings (SSSR count). The molecule has 2 aromatic rings. The number of H-pyrrole nitrogens is 1. The molecule has 0 bridgehead atoms. The van der Waals surface area contributed by atoms with E-state index in [4.69, 9.17) is 0 Å². The third kappa shape index (κ3) is 3.67. The largest absolute Gasteiger partial charge is 0.312 e. The van der Waals surface area contributed by atoms with Gasteiger partial charge in [-0.2, -0.15) is 10.2 Å². The highest BCUT2D eigenvalue weighted by Gasteiger charge is 2.19. The second-order valence-electron chi connectivity index (χ2n) is 5.97. The minimum Gasteiger partial charge on any atom is -0.312 e. The van der Waals surface area contributed by atoms with Gasteiger partial charge < -0.3 is 5.32 Å². The first-order valence-corrected chi connectivity index (χ1v) is 6.68. The SMILES string of the molecule is Cn1cc(CCNCc2cn[nH]c2C(C)(C)C)cn1. The molecule has 2 heterocycles. The van der Waals surface area contributed by atoms with Crippen LogP contribution in [0.4, 0.5) is 0 Å². The molecule has 0 saturated heterocycles. The van der Waals surface area contributed by atoms with Gasteiger partial charge in [0.2, 0.25) is 0 Å². The van der Waals surface area contributed by atoms with Crippen molar-refractivity contribution in [2.45, 2.75) is 39.2 Å². The van der Waals surface area contributed by atoms with Crippen LogP contribution in [-0.4, -0.2) is 26.5 Å². The molecule has 0 amide bonds. The molecule has 0 spiro atoms. The van der Waals surface area contributed by atoms with Crippen LogP contribution in [0.5, 0.6) is 0 Å². The van der Waals surface area contributed by atoms with Crippen LogP contribution in [-0.2, 0) is 25.4 Å². The Balaban J connectivity index is 1.82. The lowest BCUT2D eigenvalue weighted by molar-refractivity contribution is 0.554. The Morgan fingerprint density at radius 2 is 2.11 bits per heavy atom. The molecular formula is C14H23N5. The lowest BCUT2D eigenvalue weighted by Gasteiger charge is -2.18. The Morgan fingerprint density at radius 1 is 1.32 bits per heavy atom. The molecule has 0 unspecified atom stereocenters. The number of aromatic nitrogens is 4. The third-order valence-corrected chi connectivity index (χ3v) is 3.13. The van der Waals surface area contributed by atoms with Crippen LogP contribution in [0.2, 0.25) is 0 Å². The van der Waals surface area contributed by atoms with E-state index in [0.29, 0.717) is 0 Å². The Kier molecular flexibility index (Phi) is 4.04. The number of nitrogens with one attached hydrogen (secondary N) is 2. The van der Waals surface area contributed by atoms with Crippen molar-refractivity contribution in [1.82, 2.24) is 25.3 Å². The van der Waals surface area contributed by atoms with Crippen LogP contribution >= 0.6 is 0 Å². The van der Waals surface area contributed by atoms with Crippen molar-refractivity contribution in [1.29, 1.82) is 0 Å². The molecule has 0 aliphatic rings. The minimum atomic E-state index is 0.108. The fourth-order valence-corrected chi connectivity index (χ4v) is 2.15. The Bertz CT molecular complexity index is 518. The summed E-state index contributed by atoms with van der Waals surface area (Å²) in [6.07, 6.45) is 6.88.